The van der Waals surface area contributed by atoms with Crippen molar-refractivity contribution >= 4 is 45.4 Å². The Balaban J connectivity index is 1.43. The van der Waals surface area contributed by atoms with E-state index < -0.39 is 5.60 Å². The number of carbonyl (C=O) groups excluding carboxylic acids is 1. The second kappa shape index (κ2) is 13.4. The van der Waals surface area contributed by atoms with Crippen LogP contribution in [0.1, 0.15) is 64.8 Å². The van der Waals surface area contributed by atoms with Gasteiger partial charge in [-0.15, -0.1) is 0 Å². The first-order valence-electron chi connectivity index (χ1n) is 13.7. The van der Waals surface area contributed by atoms with Gasteiger partial charge in [0.15, 0.2) is 5.13 Å². The predicted molar refractivity (Wildman–Crippen MR) is 157 cm³/mol. The molecule has 2 fully saturated rings. The Labute approximate surface area is 235 Å². The van der Waals surface area contributed by atoms with Crippen molar-refractivity contribution in [2.75, 3.05) is 49.3 Å². The van der Waals surface area contributed by atoms with Gasteiger partial charge in [-0.25, -0.2) is 14.8 Å². The van der Waals surface area contributed by atoms with Gasteiger partial charge in [0.05, 0.1) is 24.6 Å². The molecular formula is C27H42N8O3S. The Morgan fingerprint density at radius 1 is 1.15 bits per heavy atom. The lowest BCUT2D eigenvalue weighted by molar-refractivity contribution is 0.0336. The van der Waals surface area contributed by atoms with Crippen LogP contribution in [0, 0.1) is 0 Å². The molecular weight excluding hydrogens is 516 g/mol. The fourth-order valence-corrected chi connectivity index (χ4v) is 5.49. The quantitative estimate of drug-likeness (QED) is 0.340. The number of allylic oxidation sites excluding steroid dienone is 1. The number of nitrogens with zero attached hydrogens (tertiary/aromatic N) is 4. The third kappa shape index (κ3) is 9.04. The van der Waals surface area contributed by atoms with Gasteiger partial charge < -0.3 is 30.7 Å². The minimum Gasteiger partial charge on any atom is -0.444 e. The third-order valence-corrected chi connectivity index (χ3v) is 7.49. The van der Waals surface area contributed by atoms with Crippen molar-refractivity contribution in [1.82, 2.24) is 25.2 Å². The molecule has 11 nitrogen and oxygen atoms in total. The number of rotatable bonds is 9. The standard InChI is InChI=1S/C27H42N8O3S/c1-6-7-21-23(28-5)39-25(32-21)34-22-16-20(17-35-12-14-37-15-13-35)30-24(33-22)29-18-8-10-19(11-9-18)31-26(36)38-27(2,3)4/h6-7,16,18-19,28H,8-15,17H2,1-5H3,(H,31,36)(H2,29,30,32,33,34)/b7-6-. The number of hydrogen-bond donors (Lipinski definition) is 4. The van der Waals surface area contributed by atoms with Gasteiger partial charge in [0, 0.05) is 44.8 Å². The van der Waals surface area contributed by atoms with Crippen molar-refractivity contribution in [3.63, 3.8) is 0 Å². The summed E-state index contributed by atoms with van der Waals surface area (Å²) in [6, 6.07) is 2.34. The molecule has 2 aromatic heterocycles. The highest BCUT2D eigenvalue weighted by molar-refractivity contribution is 7.19. The molecule has 0 aromatic carbocycles. The fourth-order valence-electron chi connectivity index (χ4n) is 4.68. The molecule has 0 unspecified atom stereocenters. The molecule has 39 heavy (non-hydrogen) atoms. The fraction of sp³-hybridized carbons (Fsp3) is 0.630. The summed E-state index contributed by atoms with van der Waals surface area (Å²) < 4.78 is 10.9. The molecule has 1 saturated heterocycles. The molecule has 1 aliphatic heterocycles. The average Bonchev–Trinajstić information content (AvgIpc) is 3.26. The van der Waals surface area contributed by atoms with E-state index in [4.69, 9.17) is 24.4 Å². The largest absolute Gasteiger partial charge is 0.444 e. The average molecular weight is 559 g/mol. The number of aromatic nitrogens is 3. The summed E-state index contributed by atoms with van der Waals surface area (Å²) >= 11 is 1.55. The highest BCUT2D eigenvalue weighted by atomic mass is 32.1. The van der Waals surface area contributed by atoms with Crippen LogP contribution >= 0.6 is 11.3 Å². The van der Waals surface area contributed by atoms with Crippen molar-refractivity contribution in [1.29, 1.82) is 0 Å². The van der Waals surface area contributed by atoms with Crippen LogP contribution in [0.5, 0.6) is 0 Å². The summed E-state index contributed by atoms with van der Waals surface area (Å²) in [4.78, 5) is 28.9. The van der Waals surface area contributed by atoms with E-state index in [9.17, 15) is 4.79 Å². The molecule has 2 aliphatic rings. The summed E-state index contributed by atoms with van der Waals surface area (Å²) in [5.41, 5.74) is 1.33. The molecule has 4 rings (SSSR count). The van der Waals surface area contributed by atoms with Crippen molar-refractivity contribution in [3.8, 4) is 0 Å². The van der Waals surface area contributed by atoms with Crippen molar-refractivity contribution in [3.05, 3.63) is 23.5 Å². The molecule has 1 saturated carbocycles. The van der Waals surface area contributed by atoms with Crippen LogP contribution < -0.4 is 21.3 Å². The Hall–Kier alpha value is -2.96. The molecule has 0 bridgehead atoms. The molecule has 12 heteroatoms. The Morgan fingerprint density at radius 2 is 1.87 bits per heavy atom. The maximum Gasteiger partial charge on any atom is 0.407 e. The topological polar surface area (TPSA) is 126 Å². The molecule has 1 amide bonds. The van der Waals surface area contributed by atoms with Crippen LogP contribution in [-0.4, -0.2) is 77.0 Å². The maximum atomic E-state index is 12.2. The molecule has 4 N–H and O–H groups in total. The van der Waals surface area contributed by atoms with Gasteiger partial charge in [-0.3, -0.25) is 4.90 Å². The van der Waals surface area contributed by atoms with Crippen molar-refractivity contribution in [2.24, 2.45) is 0 Å². The van der Waals surface area contributed by atoms with Crippen molar-refractivity contribution in [2.45, 2.75) is 77.6 Å². The lowest BCUT2D eigenvalue weighted by Gasteiger charge is -2.30. The second-order valence-electron chi connectivity index (χ2n) is 10.9. The van der Waals surface area contributed by atoms with Gasteiger partial charge in [0.25, 0.3) is 0 Å². The van der Waals surface area contributed by atoms with Crippen LogP contribution in [0.2, 0.25) is 0 Å². The number of nitrogens with one attached hydrogen (secondary N) is 4. The molecule has 0 spiro atoms. The van der Waals surface area contributed by atoms with Crippen LogP contribution in [-0.2, 0) is 16.0 Å². The number of morpholine rings is 1. The van der Waals surface area contributed by atoms with Gasteiger partial charge in [0.2, 0.25) is 5.95 Å². The van der Waals surface area contributed by atoms with E-state index in [1.54, 1.807) is 11.3 Å². The normalized spacial score (nSPS) is 20.5. The smallest absolute Gasteiger partial charge is 0.407 e. The molecule has 3 heterocycles. The van der Waals surface area contributed by atoms with E-state index >= 15 is 0 Å². The predicted octanol–water partition coefficient (Wildman–Crippen LogP) is 4.83. The highest BCUT2D eigenvalue weighted by Crippen LogP contribution is 2.31. The van der Waals surface area contributed by atoms with Crippen molar-refractivity contribution < 1.29 is 14.3 Å². The minimum absolute atomic E-state index is 0.112. The van der Waals surface area contributed by atoms with Gasteiger partial charge in [0.1, 0.15) is 16.4 Å². The maximum absolute atomic E-state index is 12.2. The molecule has 2 aromatic rings. The van der Waals surface area contributed by atoms with Crippen LogP contribution in [0.3, 0.4) is 0 Å². The number of thiazole rings is 1. The van der Waals surface area contributed by atoms with E-state index in [-0.39, 0.29) is 18.2 Å². The summed E-state index contributed by atoms with van der Waals surface area (Å²) in [5.74, 6) is 1.31. The zero-order chi connectivity index (χ0) is 27.8. The number of alkyl carbamates (subject to hydrolysis) is 1. The van der Waals surface area contributed by atoms with Gasteiger partial charge in [-0.2, -0.15) is 4.98 Å². The third-order valence-electron chi connectivity index (χ3n) is 6.49. The monoisotopic (exact) mass is 558 g/mol. The van der Waals surface area contributed by atoms with E-state index in [1.165, 1.54) is 0 Å². The molecule has 214 valence electrons. The molecule has 0 atom stereocenters. The molecule has 1 aliphatic carbocycles. The lowest BCUT2D eigenvalue weighted by Crippen LogP contribution is -2.42. The van der Waals surface area contributed by atoms with Crippen LogP contribution in [0.15, 0.2) is 12.1 Å². The van der Waals surface area contributed by atoms with Crippen LogP contribution in [0.25, 0.3) is 6.08 Å². The number of ether oxygens (including phenoxy) is 2. The van der Waals surface area contributed by atoms with E-state index in [2.05, 4.69) is 26.2 Å². The Bertz CT molecular complexity index is 1120. The van der Waals surface area contributed by atoms with Gasteiger partial charge in [-0.05, 0) is 59.5 Å². The number of carbonyl (C=O) groups is 1. The second-order valence-corrected chi connectivity index (χ2v) is 11.9. The van der Waals surface area contributed by atoms with E-state index in [1.807, 2.05) is 53.0 Å². The number of anilines is 4. The summed E-state index contributed by atoms with van der Waals surface area (Å²) in [6.45, 7) is 11.6. The summed E-state index contributed by atoms with van der Waals surface area (Å²) in [5, 5.41) is 14.9. The summed E-state index contributed by atoms with van der Waals surface area (Å²) in [7, 11) is 1.90. The number of hydrogen-bond acceptors (Lipinski definition) is 11. The molecule has 0 radical (unpaired) electrons. The highest BCUT2D eigenvalue weighted by Gasteiger charge is 2.25. The first-order valence-corrected chi connectivity index (χ1v) is 14.5. The first-order chi connectivity index (χ1) is 18.7. The first kappa shape index (κ1) is 29.0. The van der Waals surface area contributed by atoms with Crippen LogP contribution in [0.4, 0.5) is 26.7 Å². The Morgan fingerprint density at radius 3 is 2.54 bits per heavy atom. The van der Waals surface area contributed by atoms with Gasteiger partial charge >= 0.3 is 6.09 Å². The van der Waals surface area contributed by atoms with E-state index in [0.717, 1.165) is 80.1 Å². The summed E-state index contributed by atoms with van der Waals surface area (Å²) in [6.07, 6.45) is 7.17. The lowest BCUT2D eigenvalue weighted by atomic mass is 9.91. The minimum atomic E-state index is -0.500. The van der Waals surface area contributed by atoms with E-state index in [0.29, 0.717) is 11.8 Å². The zero-order valence-electron chi connectivity index (χ0n) is 23.7. The van der Waals surface area contributed by atoms with Gasteiger partial charge in [-0.1, -0.05) is 17.4 Å². The number of amides is 1. The SMILES string of the molecule is C/C=C\c1nc(Nc2cc(CN3CCOCC3)nc(NC3CCC(NC(=O)OC(C)(C)C)CC3)n2)sc1NC. The Kier molecular flexibility index (Phi) is 9.98. The zero-order valence-corrected chi connectivity index (χ0v) is 24.5.